The minimum atomic E-state index is -0.395. The Morgan fingerprint density at radius 2 is 1.65 bits per heavy atom. The highest BCUT2D eigenvalue weighted by Gasteiger charge is 2.39. The highest BCUT2D eigenvalue weighted by atomic mass is 19.1. The number of rotatable bonds is 7. The topological polar surface area (TPSA) is 71.1 Å². The Morgan fingerprint density at radius 1 is 0.968 bits per heavy atom. The van der Waals surface area contributed by atoms with E-state index in [1.807, 2.05) is 0 Å². The van der Waals surface area contributed by atoms with Gasteiger partial charge in [0.1, 0.15) is 17.3 Å². The Balaban J connectivity index is 1.61. The fourth-order valence-corrected chi connectivity index (χ4v) is 3.66. The number of methoxy groups -OCH3 is 1. The summed E-state index contributed by atoms with van der Waals surface area (Å²) < 4.78 is 23.8. The molecule has 2 amide bonds. The van der Waals surface area contributed by atoms with Crippen molar-refractivity contribution in [3.63, 3.8) is 0 Å². The van der Waals surface area contributed by atoms with Crippen LogP contribution in [0.1, 0.15) is 5.56 Å². The number of nitrogens with one attached hydrogen (secondary N) is 1. The minimum absolute atomic E-state index is 0.184. The Bertz CT molecular complexity index is 983. The van der Waals surface area contributed by atoms with Crippen LogP contribution in [0, 0.1) is 5.82 Å². The highest BCUT2D eigenvalue weighted by molar-refractivity contribution is 6.36. The number of carbonyl (C=O) groups is 2. The fraction of sp³-hybridized carbons (Fsp3) is 0.304. The average molecular weight is 425 g/mol. The molecule has 2 aromatic rings. The second kappa shape index (κ2) is 9.28. The molecule has 31 heavy (non-hydrogen) atoms. The second-order valence-corrected chi connectivity index (χ2v) is 7.33. The molecule has 1 N–H and O–H groups in total. The van der Waals surface area contributed by atoms with Crippen LogP contribution in [0.4, 0.5) is 10.1 Å². The maximum absolute atomic E-state index is 13.3. The minimum Gasteiger partial charge on any atom is -0.497 e. The van der Waals surface area contributed by atoms with Gasteiger partial charge in [-0.2, -0.15) is 0 Å². The quantitative estimate of drug-likeness (QED) is 0.687. The molecule has 4 rings (SSSR count). The van der Waals surface area contributed by atoms with Gasteiger partial charge in [-0.05, 0) is 42.0 Å². The van der Waals surface area contributed by atoms with Gasteiger partial charge in [0.05, 0.1) is 25.9 Å². The molecule has 0 radical (unpaired) electrons. The highest BCUT2D eigenvalue weighted by Crippen LogP contribution is 2.31. The van der Waals surface area contributed by atoms with E-state index in [1.165, 1.54) is 29.2 Å². The Hall–Kier alpha value is -3.23. The number of amides is 2. The molecule has 0 saturated carbocycles. The van der Waals surface area contributed by atoms with Gasteiger partial charge in [0.15, 0.2) is 0 Å². The third-order valence-corrected chi connectivity index (χ3v) is 5.40. The largest absolute Gasteiger partial charge is 0.497 e. The van der Waals surface area contributed by atoms with Gasteiger partial charge in [-0.1, -0.05) is 12.1 Å². The molecule has 2 heterocycles. The van der Waals surface area contributed by atoms with Crippen molar-refractivity contribution in [1.29, 1.82) is 0 Å². The van der Waals surface area contributed by atoms with Crippen LogP contribution >= 0.6 is 0 Å². The Kier molecular flexibility index (Phi) is 6.29. The summed E-state index contributed by atoms with van der Waals surface area (Å²) in [6.45, 7) is 3.71. The number of morpholine rings is 1. The Labute approximate surface area is 180 Å². The first-order valence-electron chi connectivity index (χ1n) is 10.1. The van der Waals surface area contributed by atoms with E-state index in [0.29, 0.717) is 42.3 Å². The zero-order valence-electron chi connectivity index (χ0n) is 17.3. The Morgan fingerprint density at radius 3 is 2.29 bits per heavy atom. The molecule has 2 aliphatic heterocycles. The summed E-state index contributed by atoms with van der Waals surface area (Å²) in [4.78, 5) is 29.9. The van der Waals surface area contributed by atoms with Crippen molar-refractivity contribution < 1.29 is 23.5 Å². The van der Waals surface area contributed by atoms with E-state index < -0.39 is 5.91 Å². The molecule has 1 saturated heterocycles. The SMILES string of the molecule is COc1ccc(C2=C(Nc3ccc(F)cc3)C(=O)N(CCN3CCOCC3)C2=O)cc1. The van der Waals surface area contributed by atoms with E-state index in [4.69, 9.17) is 9.47 Å². The summed E-state index contributed by atoms with van der Waals surface area (Å²) in [5, 5.41) is 3.03. The molecule has 0 aromatic heterocycles. The van der Waals surface area contributed by atoms with Crippen molar-refractivity contribution in [2.45, 2.75) is 0 Å². The van der Waals surface area contributed by atoms with Gasteiger partial charge < -0.3 is 14.8 Å². The molecule has 7 nitrogen and oxygen atoms in total. The van der Waals surface area contributed by atoms with Crippen LogP contribution in [-0.4, -0.2) is 68.1 Å². The summed E-state index contributed by atoms with van der Waals surface area (Å²) in [6.07, 6.45) is 0. The third kappa shape index (κ3) is 4.60. The van der Waals surface area contributed by atoms with Crippen LogP contribution in [0.15, 0.2) is 54.2 Å². The monoisotopic (exact) mass is 425 g/mol. The maximum atomic E-state index is 13.3. The average Bonchev–Trinajstić information content (AvgIpc) is 3.03. The van der Waals surface area contributed by atoms with Gasteiger partial charge in [0.25, 0.3) is 11.8 Å². The number of ether oxygens (including phenoxy) is 2. The van der Waals surface area contributed by atoms with Crippen LogP contribution in [0.25, 0.3) is 5.57 Å². The number of hydrogen-bond donors (Lipinski definition) is 1. The van der Waals surface area contributed by atoms with E-state index >= 15 is 0 Å². The van der Waals surface area contributed by atoms with Crippen LogP contribution in [0.2, 0.25) is 0 Å². The van der Waals surface area contributed by atoms with E-state index in [-0.39, 0.29) is 24.0 Å². The van der Waals surface area contributed by atoms with E-state index in [2.05, 4.69) is 10.2 Å². The van der Waals surface area contributed by atoms with Crippen molar-refractivity contribution in [1.82, 2.24) is 9.80 Å². The van der Waals surface area contributed by atoms with Gasteiger partial charge in [0.2, 0.25) is 0 Å². The van der Waals surface area contributed by atoms with Crippen LogP contribution in [0.3, 0.4) is 0 Å². The number of imide groups is 1. The molecule has 0 atom stereocenters. The summed E-state index contributed by atoms with van der Waals surface area (Å²) >= 11 is 0. The van der Waals surface area contributed by atoms with Crippen molar-refractivity contribution in [3.05, 3.63) is 65.6 Å². The number of carbonyl (C=O) groups excluding carboxylic acids is 2. The van der Waals surface area contributed by atoms with Crippen LogP contribution < -0.4 is 10.1 Å². The first-order chi connectivity index (χ1) is 15.1. The maximum Gasteiger partial charge on any atom is 0.278 e. The van der Waals surface area contributed by atoms with Gasteiger partial charge >= 0.3 is 0 Å². The molecule has 2 aliphatic rings. The number of anilines is 1. The molecule has 0 unspecified atom stereocenters. The smallest absolute Gasteiger partial charge is 0.278 e. The molecular formula is C23H24FN3O4. The lowest BCUT2D eigenvalue weighted by molar-refractivity contribution is -0.137. The molecule has 0 spiro atoms. The number of hydrogen-bond acceptors (Lipinski definition) is 6. The van der Waals surface area contributed by atoms with Gasteiger partial charge in [0, 0.05) is 31.9 Å². The molecule has 2 aromatic carbocycles. The molecular weight excluding hydrogens is 401 g/mol. The fourth-order valence-electron chi connectivity index (χ4n) is 3.66. The lowest BCUT2D eigenvalue weighted by atomic mass is 10.0. The van der Waals surface area contributed by atoms with E-state index in [9.17, 15) is 14.0 Å². The number of halogens is 1. The standard InChI is InChI=1S/C23H24FN3O4/c1-30-19-8-2-16(3-9-19)20-21(25-18-6-4-17(24)5-7-18)23(29)27(22(20)28)11-10-26-12-14-31-15-13-26/h2-9,25H,10-15H2,1H3. The van der Waals surface area contributed by atoms with Crippen molar-refractivity contribution in [2.24, 2.45) is 0 Å². The summed E-state index contributed by atoms with van der Waals surface area (Å²) in [5.41, 5.74) is 1.61. The number of benzene rings is 2. The zero-order chi connectivity index (χ0) is 21.8. The van der Waals surface area contributed by atoms with Crippen LogP contribution in [0.5, 0.6) is 5.75 Å². The molecule has 0 bridgehead atoms. The molecule has 162 valence electrons. The first kappa shape index (κ1) is 21.0. The summed E-state index contributed by atoms with van der Waals surface area (Å²) in [5.74, 6) is -0.476. The lowest BCUT2D eigenvalue weighted by Crippen LogP contribution is -2.43. The van der Waals surface area contributed by atoms with Gasteiger partial charge in [-0.15, -0.1) is 0 Å². The normalized spacial score (nSPS) is 17.4. The van der Waals surface area contributed by atoms with E-state index in [0.717, 1.165) is 13.1 Å². The zero-order valence-corrected chi connectivity index (χ0v) is 17.3. The predicted molar refractivity (Wildman–Crippen MR) is 114 cm³/mol. The predicted octanol–water partition coefficient (Wildman–Crippen LogP) is 2.36. The van der Waals surface area contributed by atoms with Gasteiger partial charge in [-0.3, -0.25) is 19.4 Å². The molecule has 1 fully saturated rings. The molecule has 8 heteroatoms. The van der Waals surface area contributed by atoms with Crippen molar-refractivity contribution in [3.8, 4) is 5.75 Å². The summed E-state index contributed by atoms with van der Waals surface area (Å²) in [6, 6.07) is 12.6. The second-order valence-electron chi connectivity index (χ2n) is 7.33. The molecule has 0 aliphatic carbocycles. The van der Waals surface area contributed by atoms with E-state index in [1.54, 1.807) is 31.4 Å². The van der Waals surface area contributed by atoms with Crippen molar-refractivity contribution in [2.75, 3.05) is 51.8 Å². The van der Waals surface area contributed by atoms with Gasteiger partial charge in [-0.25, -0.2) is 4.39 Å². The summed E-state index contributed by atoms with van der Waals surface area (Å²) in [7, 11) is 1.56. The van der Waals surface area contributed by atoms with Crippen LogP contribution in [-0.2, 0) is 14.3 Å². The number of nitrogens with zero attached hydrogens (tertiary/aromatic N) is 2. The van der Waals surface area contributed by atoms with Crippen molar-refractivity contribution >= 4 is 23.1 Å². The lowest BCUT2D eigenvalue weighted by Gasteiger charge is -2.28. The third-order valence-electron chi connectivity index (χ3n) is 5.40. The first-order valence-corrected chi connectivity index (χ1v) is 10.1.